The van der Waals surface area contributed by atoms with Gasteiger partial charge in [0, 0.05) is 16.7 Å². The Labute approximate surface area is 121 Å². The minimum atomic E-state index is 0.122. The lowest BCUT2D eigenvalue weighted by molar-refractivity contribution is 0.0990. The molecule has 1 atom stereocenters. The molecule has 3 rings (SSSR count). The highest BCUT2D eigenvalue weighted by Crippen LogP contribution is 2.38. The van der Waals surface area contributed by atoms with E-state index in [-0.39, 0.29) is 5.91 Å². The van der Waals surface area contributed by atoms with Gasteiger partial charge in [0.05, 0.1) is 10.6 Å². The molecule has 0 radical (unpaired) electrons. The van der Waals surface area contributed by atoms with E-state index in [1.165, 1.54) is 16.2 Å². The molecular weight excluding hydrogens is 274 g/mol. The van der Waals surface area contributed by atoms with Gasteiger partial charge in [-0.3, -0.25) is 4.79 Å². The number of rotatable bonds is 1. The van der Waals surface area contributed by atoms with Gasteiger partial charge in [0.1, 0.15) is 0 Å². The monoisotopic (exact) mass is 289 g/mol. The number of benzene rings is 1. The first-order chi connectivity index (χ1) is 9.25. The Hall–Kier alpha value is -1.26. The fourth-order valence-electron chi connectivity index (χ4n) is 2.23. The van der Waals surface area contributed by atoms with Crippen molar-refractivity contribution in [3.8, 4) is 0 Å². The third-order valence-corrected chi connectivity index (χ3v) is 5.32. The molecular formula is C15H15NOS2. The van der Waals surface area contributed by atoms with E-state index in [0.29, 0.717) is 5.25 Å². The molecule has 2 nitrogen and oxygen atoms in total. The molecule has 4 heteroatoms. The highest BCUT2D eigenvalue weighted by molar-refractivity contribution is 8.00. The van der Waals surface area contributed by atoms with Gasteiger partial charge in [-0.05, 0) is 30.0 Å². The van der Waals surface area contributed by atoms with Gasteiger partial charge >= 0.3 is 0 Å². The van der Waals surface area contributed by atoms with Gasteiger partial charge in [0.15, 0.2) is 0 Å². The third kappa shape index (κ3) is 2.55. The number of para-hydroxylation sites is 1. The molecule has 0 bridgehead atoms. The van der Waals surface area contributed by atoms with Gasteiger partial charge in [0.25, 0.3) is 5.91 Å². The summed E-state index contributed by atoms with van der Waals surface area (Å²) in [7, 11) is 0. The largest absolute Gasteiger partial charge is 0.306 e. The van der Waals surface area contributed by atoms with Crippen LogP contribution in [-0.4, -0.2) is 17.7 Å². The van der Waals surface area contributed by atoms with Crippen molar-refractivity contribution >= 4 is 34.7 Å². The van der Waals surface area contributed by atoms with Crippen molar-refractivity contribution in [1.29, 1.82) is 0 Å². The molecule has 0 saturated heterocycles. The second kappa shape index (κ2) is 5.39. The zero-order valence-corrected chi connectivity index (χ0v) is 12.3. The molecule has 1 aromatic carbocycles. The second-order valence-electron chi connectivity index (χ2n) is 4.62. The molecule has 1 amide bonds. The van der Waals surface area contributed by atoms with E-state index in [1.54, 1.807) is 0 Å². The van der Waals surface area contributed by atoms with E-state index in [1.807, 2.05) is 52.4 Å². The summed E-state index contributed by atoms with van der Waals surface area (Å²) in [5.41, 5.74) is 1.05. The minimum absolute atomic E-state index is 0.122. The van der Waals surface area contributed by atoms with Crippen LogP contribution in [-0.2, 0) is 0 Å². The lowest BCUT2D eigenvalue weighted by Crippen LogP contribution is -2.31. The van der Waals surface area contributed by atoms with Gasteiger partial charge < -0.3 is 4.90 Å². The Bertz CT molecular complexity index is 580. The van der Waals surface area contributed by atoms with Crippen LogP contribution in [0.25, 0.3) is 0 Å². The number of anilines is 1. The Morgan fingerprint density at radius 3 is 2.89 bits per heavy atom. The SMILES string of the molecule is CC1CCN(C(=O)c2cccs2)c2ccccc2S1. The smallest absolute Gasteiger partial charge is 0.268 e. The summed E-state index contributed by atoms with van der Waals surface area (Å²) >= 11 is 3.37. The number of hydrogen-bond donors (Lipinski definition) is 0. The highest BCUT2D eigenvalue weighted by Gasteiger charge is 2.25. The second-order valence-corrected chi connectivity index (χ2v) is 7.05. The number of carbonyl (C=O) groups is 1. The minimum Gasteiger partial charge on any atom is -0.306 e. The molecule has 1 unspecified atom stereocenters. The zero-order chi connectivity index (χ0) is 13.2. The molecule has 0 spiro atoms. The van der Waals surface area contributed by atoms with Crippen molar-refractivity contribution in [2.45, 2.75) is 23.5 Å². The molecule has 2 heterocycles. The molecule has 19 heavy (non-hydrogen) atoms. The number of nitrogens with zero attached hydrogens (tertiary/aromatic N) is 1. The fourth-order valence-corrected chi connectivity index (χ4v) is 4.02. The molecule has 98 valence electrons. The summed E-state index contributed by atoms with van der Waals surface area (Å²) in [6, 6.07) is 12.0. The van der Waals surface area contributed by atoms with Crippen molar-refractivity contribution < 1.29 is 4.79 Å². The van der Waals surface area contributed by atoms with Crippen LogP contribution in [0, 0.1) is 0 Å². The Morgan fingerprint density at radius 1 is 1.26 bits per heavy atom. The number of amides is 1. The van der Waals surface area contributed by atoms with Gasteiger partial charge in [-0.2, -0.15) is 0 Å². The summed E-state index contributed by atoms with van der Waals surface area (Å²) < 4.78 is 0. The lowest BCUT2D eigenvalue weighted by atomic mass is 10.2. The number of carbonyl (C=O) groups excluding carboxylic acids is 1. The molecule has 0 saturated carbocycles. The summed E-state index contributed by atoms with van der Waals surface area (Å²) in [6.45, 7) is 3.02. The summed E-state index contributed by atoms with van der Waals surface area (Å²) in [4.78, 5) is 16.6. The quantitative estimate of drug-likeness (QED) is 0.781. The van der Waals surface area contributed by atoms with Crippen LogP contribution in [0.1, 0.15) is 23.0 Å². The van der Waals surface area contributed by atoms with Gasteiger partial charge in [-0.1, -0.05) is 25.1 Å². The molecule has 0 aliphatic carbocycles. The number of thiophene rings is 1. The van der Waals surface area contributed by atoms with Crippen LogP contribution in [0.15, 0.2) is 46.7 Å². The van der Waals surface area contributed by atoms with Crippen LogP contribution in [0.2, 0.25) is 0 Å². The van der Waals surface area contributed by atoms with Crippen LogP contribution < -0.4 is 4.90 Å². The predicted molar refractivity (Wildman–Crippen MR) is 82.4 cm³/mol. The lowest BCUT2D eigenvalue weighted by Gasteiger charge is -2.21. The molecule has 1 aromatic heterocycles. The van der Waals surface area contributed by atoms with E-state index in [2.05, 4.69) is 13.0 Å². The fraction of sp³-hybridized carbons (Fsp3) is 0.267. The molecule has 2 aromatic rings. The average Bonchev–Trinajstić information content (AvgIpc) is 2.89. The Balaban J connectivity index is 2.00. The topological polar surface area (TPSA) is 20.3 Å². The third-order valence-electron chi connectivity index (χ3n) is 3.22. The number of thioether (sulfide) groups is 1. The van der Waals surface area contributed by atoms with Crippen molar-refractivity contribution in [2.24, 2.45) is 0 Å². The van der Waals surface area contributed by atoms with Crippen LogP contribution in [0.4, 0.5) is 5.69 Å². The van der Waals surface area contributed by atoms with Crippen LogP contribution in [0.5, 0.6) is 0 Å². The first kappa shape index (κ1) is 12.8. The van der Waals surface area contributed by atoms with Crippen molar-refractivity contribution in [3.63, 3.8) is 0 Å². The number of fused-ring (bicyclic) bond motifs is 1. The molecule has 0 N–H and O–H groups in total. The maximum absolute atomic E-state index is 12.6. The molecule has 1 aliphatic heterocycles. The molecule has 1 aliphatic rings. The van der Waals surface area contributed by atoms with Gasteiger partial charge in [0.2, 0.25) is 0 Å². The normalized spacial score (nSPS) is 18.8. The maximum atomic E-state index is 12.6. The van der Waals surface area contributed by atoms with Crippen molar-refractivity contribution in [2.75, 3.05) is 11.4 Å². The molecule has 0 fully saturated rings. The van der Waals surface area contributed by atoms with E-state index >= 15 is 0 Å². The first-order valence-corrected chi connectivity index (χ1v) is 8.12. The average molecular weight is 289 g/mol. The standard InChI is InChI=1S/C15H15NOS2/c1-11-8-9-16(15(17)14-7-4-10-18-14)12-5-2-3-6-13(12)19-11/h2-7,10-11H,8-9H2,1H3. The van der Waals surface area contributed by atoms with E-state index in [4.69, 9.17) is 0 Å². The zero-order valence-electron chi connectivity index (χ0n) is 10.7. The summed E-state index contributed by atoms with van der Waals surface area (Å²) in [5.74, 6) is 0.122. The van der Waals surface area contributed by atoms with Crippen LogP contribution in [0.3, 0.4) is 0 Å². The Morgan fingerprint density at radius 2 is 2.11 bits per heavy atom. The van der Waals surface area contributed by atoms with Gasteiger partial charge in [-0.25, -0.2) is 0 Å². The maximum Gasteiger partial charge on any atom is 0.268 e. The highest BCUT2D eigenvalue weighted by atomic mass is 32.2. The van der Waals surface area contributed by atoms with Crippen molar-refractivity contribution in [1.82, 2.24) is 0 Å². The summed E-state index contributed by atoms with van der Waals surface area (Å²) in [6.07, 6.45) is 1.02. The number of hydrogen-bond acceptors (Lipinski definition) is 3. The van der Waals surface area contributed by atoms with Gasteiger partial charge in [-0.15, -0.1) is 23.1 Å². The first-order valence-electron chi connectivity index (χ1n) is 6.37. The van der Waals surface area contributed by atoms with E-state index < -0.39 is 0 Å². The van der Waals surface area contributed by atoms with Crippen molar-refractivity contribution in [3.05, 3.63) is 46.7 Å². The summed E-state index contributed by atoms with van der Waals surface area (Å²) in [5, 5.41) is 2.50. The predicted octanol–water partition coefficient (Wildman–Crippen LogP) is 4.28. The Kier molecular flexibility index (Phi) is 3.62. The van der Waals surface area contributed by atoms with Crippen LogP contribution >= 0.6 is 23.1 Å². The van der Waals surface area contributed by atoms with E-state index in [0.717, 1.165) is 23.5 Å². The van der Waals surface area contributed by atoms with E-state index in [9.17, 15) is 4.79 Å².